The van der Waals surface area contributed by atoms with Gasteiger partial charge in [0, 0.05) is 12.6 Å². The zero-order valence-electron chi connectivity index (χ0n) is 12.7. The van der Waals surface area contributed by atoms with Gasteiger partial charge in [0.1, 0.15) is 5.76 Å². The van der Waals surface area contributed by atoms with E-state index in [0.29, 0.717) is 22.9 Å². The molecule has 0 aliphatic carbocycles. The highest BCUT2D eigenvalue weighted by Gasteiger charge is 2.23. The van der Waals surface area contributed by atoms with Gasteiger partial charge < -0.3 is 13.7 Å². The van der Waals surface area contributed by atoms with Crippen LogP contribution in [0.4, 0.5) is 0 Å². The van der Waals surface area contributed by atoms with E-state index in [1.54, 1.807) is 12.3 Å². The third-order valence-electron chi connectivity index (χ3n) is 3.94. The average molecular weight is 321 g/mol. The summed E-state index contributed by atoms with van der Waals surface area (Å²) in [5.74, 6) is 1.62. The number of hydrogen-bond acceptors (Lipinski definition) is 6. The summed E-state index contributed by atoms with van der Waals surface area (Å²) in [7, 11) is 0. The number of carbonyl (C=O) groups is 1. The van der Waals surface area contributed by atoms with E-state index in [9.17, 15) is 4.79 Å². The van der Waals surface area contributed by atoms with E-state index in [-0.39, 0.29) is 5.91 Å². The molecular formula is C15H19N3O3S. The van der Waals surface area contributed by atoms with Crippen molar-refractivity contribution in [3.63, 3.8) is 0 Å². The first kappa shape index (κ1) is 15.1. The van der Waals surface area contributed by atoms with Crippen LogP contribution in [0.1, 0.15) is 31.9 Å². The minimum Gasteiger partial charge on any atom is -0.469 e. The van der Waals surface area contributed by atoms with Crippen molar-refractivity contribution in [2.75, 3.05) is 12.3 Å². The van der Waals surface area contributed by atoms with E-state index in [1.165, 1.54) is 18.2 Å². The van der Waals surface area contributed by atoms with Crippen molar-refractivity contribution < 1.29 is 13.6 Å². The van der Waals surface area contributed by atoms with Gasteiger partial charge in [-0.3, -0.25) is 4.79 Å². The van der Waals surface area contributed by atoms with Crippen molar-refractivity contribution in [1.29, 1.82) is 0 Å². The van der Waals surface area contributed by atoms with Crippen LogP contribution in [0, 0.1) is 6.92 Å². The van der Waals surface area contributed by atoms with Crippen LogP contribution in [0.25, 0.3) is 11.5 Å². The number of piperidine rings is 1. The third-order valence-corrected chi connectivity index (χ3v) is 4.74. The number of thioether (sulfide) groups is 1. The molecule has 3 heterocycles. The van der Waals surface area contributed by atoms with Crippen LogP contribution in [0.3, 0.4) is 0 Å². The Morgan fingerprint density at radius 1 is 1.45 bits per heavy atom. The Labute approximate surface area is 133 Å². The number of nitrogens with zero attached hydrogens (tertiary/aromatic N) is 3. The molecular weight excluding hydrogens is 302 g/mol. The second-order valence-electron chi connectivity index (χ2n) is 5.48. The molecule has 7 heteroatoms. The molecule has 0 radical (unpaired) electrons. The van der Waals surface area contributed by atoms with Crippen LogP contribution in [0.5, 0.6) is 0 Å². The molecule has 0 saturated carbocycles. The molecule has 1 fully saturated rings. The largest absolute Gasteiger partial charge is 0.469 e. The summed E-state index contributed by atoms with van der Waals surface area (Å²) in [6.45, 7) is 4.80. The highest BCUT2D eigenvalue weighted by Crippen LogP contribution is 2.27. The van der Waals surface area contributed by atoms with Crippen molar-refractivity contribution in [2.45, 2.75) is 44.4 Å². The zero-order chi connectivity index (χ0) is 15.5. The molecule has 22 heavy (non-hydrogen) atoms. The van der Waals surface area contributed by atoms with Gasteiger partial charge in [-0.1, -0.05) is 11.8 Å². The lowest BCUT2D eigenvalue weighted by Crippen LogP contribution is -2.42. The monoisotopic (exact) mass is 321 g/mol. The Balaban J connectivity index is 1.59. The van der Waals surface area contributed by atoms with Crippen LogP contribution in [-0.2, 0) is 4.79 Å². The summed E-state index contributed by atoms with van der Waals surface area (Å²) in [6.07, 6.45) is 4.96. The van der Waals surface area contributed by atoms with E-state index in [1.807, 2.05) is 11.8 Å². The first-order chi connectivity index (χ1) is 10.6. The molecule has 0 bridgehead atoms. The molecule has 2 aromatic heterocycles. The SMILES string of the molecule is Cc1occc1-c1nnc(SCC(=O)N2CCCC[C@@H]2C)o1. The second-order valence-corrected chi connectivity index (χ2v) is 6.41. The highest BCUT2D eigenvalue weighted by molar-refractivity contribution is 7.99. The van der Waals surface area contributed by atoms with Crippen LogP contribution >= 0.6 is 11.8 Å². The molecule has 0 unspecified atom stereocenters. The maximum atomic E-state index is 12.3. The second kappa shape index (κ2) is 6.56. The predicted octanol–water partition coefficient (Wildman–Crippen LogP) is 3.13. The number of likely N-dealkylation sites (tertiary alicyclic amines) is 1. The topological polar surface area (TPSA) is 72.4 Å². The van der Waals surface area contributed by atoms with Crippen molar-refractivity contribution in [3.8, 4) is 11.5 Å². The molecule has 118 valence electrons. The van der Waals surface area contributed by atoms with E-state index >= 15 is 0 Å². The number of amides is 1. The van der Waals surface area contributed by atoms with Crippen molar-refractivity contribution in [3.05, 3.63) is 18.1 Å². The smallest absolute Gasteiger partial charge is 0.277 e. The average Bonchev–Trinajstić information content (AvgIpc) is 3.13. The Morgan fingerprint density at radius 2 is 2.32 bits per heavy atom. The predicted molar refractivity (Wildman–Crippen MR) is 82.5 cm³/mol. The minimum absolute atomic E-state index is 0.136. The van der Waals surface area contributed by atoms with E-state index in [4.69, 9.17) is 8.83 Å². The molecule has 1 aliphatic heterocycles. The first-order valence-electron chi connectivity index (χ1n) is 7.45. The molecule has 3 rings (SSSR count). The van der Waals surface area contributed by atoms with E-state index in [0.717, 1.165) is 30.7 Å². The van der Waals surface area contributed by atoms with Crippen LogP contribution in [0.2, 0.25) is 0 Å². The van der Waals surface area contributed by atoms with Gasteiger partial charge >= 0.3 is 0 Å². The van der Waals surface area contributed by atoms with Crippen LogP contribution in [0.15, 0.2) is 26.4 Å². The van der Waals surface area contributed by atoms with Crippen molar-refractivity contribution >= 4 is 17.7 Å². The van der Waals surface area contributed by atoms with Crippen molar-refractivity contribution in [2.24, 2.45) is 0 Å². The minimum atomic E-state index is 0.136. The molecule has 0 spiro atoms. The van der Waals surface area contributed by atoms with Gasteiger partial charge in [-0.2, -0.15) is 0 Å². The Hall–Kier alpha value is -1.76. The quantitative estimate of drug-likeness (QED) is 0.806. The zero-order valence-corrected chi connectivity index (χ0v) is 13.6. The van der Waals surface area contributed by atoms with E-state index < -0.39 is 0 Å². The van der Waals surface area contributed by atoms with Crippen molar-refractivity contribution in [1.82, 2.24) is 15.1 Å². The summed E-state index contributed by atoms with van der Waals surface area (Å²) in [4.78, 5) is 14.2. The van der Waals surface area contributed by atoms with Gasteiger partial charge in [0.05, 0.1) is 17.6 Å². The fourth-order valence-corrected chi connectivity index (χ4v) is 3.31. The first-order valence-corrected chi connectivity index (χ1v) is 8.44. The van der Waals surface area contributed by atoms with Gasteiger partial charge in [-0.25, -0.2) is 0 Å². The summed E-state index contributed by atoms with van der Waals surface area (Å²) in [5.41, 5.74) is 0.787. The van der Waals surface area contributed by atoms with Crippen LogP contribution < -0.4 is 0 Å². The molecule has 1 saturated heterocycles. The van der Waals surface area contributed by atoms with E-state index in [2.05, 4.69) is 17.1 Å². The lowest BCUT2D eigenvalue weighted by Gasteiger charge is -2.33. The summed E-state index contributed by atoms with van der Waals surface area (Å²) in [6, 6.07) is 2.12. The number of rotatable bonds is 4. The van der Waals surface area contributed by atoms with Gasteiger partial charge in [-0.05, 0) is 39.2 Å². The van der Waals surface area contributed by atoms with Gasteiger partial charge in [0.2, 0.25) is 5.91 Å². The Morgan fingerprint density at radius 3 is 3.05 bits per heavy atom. The lowest BCUT2D eigenvalue weighted by atomic mass is 10.0. The Kier molecular flexibility index (Phi) is 4.52. The molecule has 1 aliphatic rings. The number of carbonyl (C=O) groups excluding carboxylic acids is 1. The maximum absolute atomic E-state index is 12.3. The number of furan rings is 1. The summed E-state index contributed by atoms with van der Waals surface area (Å²) in [5, 5.41) is 8.40. The van der Waals surface area contributed by atoms with Gasteiger partial charge in [0.25, 0.3) is 11.1 Å². The van der Waals surface area contributed by atoms with Crippen LogP contribution in [-0.4, -0.2) is 39.3 Å². The fraction of sp³-hybridized carbons (Fsp3) is 0.533. The fourth-order valence-electron chi connectivity index (χ4n) is 2.66. The standard InChI is InChI=1S/C15H19N3O3S/c1-10-5-3-4-7-18(10)13(19)9-22-15-17-16-14(21-15)12-6-8-20-11(12)2/h6,8,10H,3-5,7,9H2,1-2H3/t10-/m0/s1. The summed E-state index contributed by atoms with van der Waals surface area (Å²) >= 11 is 1.29. The third kappa shape index (κ3) is 3.19. The molecule has 0 N–H and O–H groups in total. The number of aryl methyl sites for hydroxylation is 1. The molecule has 1 atom stereocenters. The maximum Gasteiger partial charge on any atom is 0.277 e. The normalized spacial score (nSPS) is 18.6. The number of hydrogen-bond donors (Lipinski definition) is 0. The Bertz CT molecular complexity index is 652. The molecule has 6 nitrogen and oxygen atoms in total. The molecule has 1 amide bonds. The lowest BCUT2D eigenvalue weighted by molar-refractivity contribution is -0.131. The molecule has 0 aromatic carbocycles. The number of aromatic nitrogens is 2. The molecule has 2 aromatic rings. The van der Waals surface area contributed by atoms with Gasteiger partial charge in [-0.15, -0.1) is 10.2 Å². The summed E-state index contributed by atoms with van der Waals surface area (Å²) < 4.78 is 10.8. The highest BCUT2D eigenvalue weighted by atomic mass is 32.2. The van der Waals surface area contributed by atoms with Gasteiger partial charge in [0.15, 0.2) is 0 Å².